The molecule has 1 fully saturated rings. The average molecular weight is 302 g/mol. The fourth-order valence-corrected chi connectivity index (χ4v) is 3.28. The lowest BCUT2D eigenvalue weighted by Crippen LogP contribution is -2.43. The molecule has 0 spiro atoms. The molecular formula is C16H22N4S. The van der Waals surface area contributed by atoms with Gasteiger partial charge in [-0.2, -0.15) is 0 Å². The zero-order valence-electron chi connectivity index (χ0n) is 12.6. The maximum Gasteiger partial charge on any atom is 0.168 e. The summed E-state index contributed by atoms with van der Waals surface area (Å²) in [6, 6.07) is 6.38. The molecular weight excluding hydrogens is 280 g/mol. The second-order valence-electron chi connectivity index (χ2n) is 5.74. The van der Waals surface area contributed by atoms with Gasteiger partial charge in [0.25, 0.3) is 0 Å². The molecule has 5 heteroatoms. The minimum absolute atomic E-state index is 0.512. The summed E-state index contributed by atoms with van der Waals surface area (Å²) in [6.45, 7) is 7.09. The van der Waals surface area contributed by atoms with Gasteiger partial charge in [0, 0.05) is 25.6 Å². The van der Waals surface area contributed by atoms with Crippen molar-refractivity contribution in [3.63, 3.8) is 0 Å². The number of rotatable bonds is 2. The fourth-order valence-electron chi connectivity index (χ4n) is 2.96. The van der Waals surface area contributed by atoms with Crippen LogP contribution in [0.4, 0.5) is 0 Å². The Morgan fingerprint density at radius 1 is 1.43 bits per heavy atom. The molecule has 0 atom stereocenters. The first kappa shape index (κ1) is 14.3. The highest BCUT2D eigenvalue weighted by Crippen LogP contribution is 2.28. The summed E-state index contributed by atoms with van der Waals surface area (Å²) in [5.74, 6) is 1.64. The van der Waals surface area contributed by atoms with Crippen molar-refractivity contribution in [1.82, 2.24) is 20.2 Å². The number of benzene rings is 1. The molecule has 2 N–H and O–H groups in total. The largest absolute Gasteiger partial charge is 0.363 e. The number of aromatic amines is 1. The first-order chi connectivity index (χ1) is 10.2. The molecule has 112 valence electrons. The van der Waals surface area contributed by atoms with E-state index in [2.05, 4.69) is 47.2 Å². The Hall–Kier alpha value is -1.62. The van der Waals surface area contributed by atoms with E-state index in [1.54, 1.807) is 0 Å². The van der Waals surface area contributed by atoms with Crippen molar-refractivity contribution in [3.05, 3.63) is 29.6 Å². The molecule has 2 heterocycles. The number of hydrogen-bond acceptors (Lipinski definition) is 2. The lowest BCUT2D eigenvalue weighted by atomic mass is 9.96. The molecule has 21 heavy (non-hydrogen) atoms. The number of hydrogen-bond donors (Lipinski definition) is 2. The summed E-state index contributed by atoms with van der Waals surface area (Å²) < 4.78 is 0. The molecule has 2 aromatic rings. The number of piperidine rings is 1. The summed E-state index contributed by atoms with van der Waals surface area (Å²) in [5.41, 5.74) is 3.49. The minimum Gasteiger partial charge on any atom is -0.363 e. The quantitative estimate of drug-likeness (QED) is 0.837. The highest BCUT2D eigenvalue weighted by Gasteiger charge is 2.24. The maximum atomic E-state index is 5.39. The number of fused-ring (bicyclic) bond motifs is 1. The molecule has 0 amide bonds. The number of imidazole rings is 1. The highest BCUT2D eigenvalue weighted by molar-refractivity contribution is 7.80. The summed E-state index contributed by atoms with van der Waals surface area (Å²) >= 11 is 5.39. The van der Waals surface area contributed by atoms with Crippen molar-refractivity contribution in [2.24, 2.45) is 0 Å². The highest BCUT2D eigenvalue weighted by atomic mass is 32.1. The van der Waals surface area contributed by atoms with E-state index >= 15 is 0 Å². The third-order valence-corrected chi connectivity index (χ3v) is 4.56. The summed E-state index contributed by atoms with van der Waals surface area (Å²) in [5, 5.41) is 4.12. The Kier molecular flexibility index (Phi) is 4.10. The number of aryl methyl sites for hydroxylation is 1. The molecule has 0 saturated carbocycles. The van der Waals surface area contributed by atoms with Crippen molar-refractivity contribution in [2.75, 3.05) is 19.6 Å². The Balaban J connectivity index is 1.69. The van der Waals surface area contributed by atoms with E-state index in [1.807, 2.05) is 0 Å². The normalized spacial score (nSPS) is 16.4. The second kappa shape index (κ2) is 6.02. The third-order valence-electron chi connectivity index (χ3n) is 4.15. The molecule has 4 nitrogen and oxygen atoms in total. The monoisotopic (exact) mass is 302 g/mol. The van der Waals surface area contributed by atoms with Crippen LogP contribution in [0.3, 0.4) is 0 Å². The van der Waals surface area contributed by atoms with Crippen LogP contribution in [0.5, 0.6) is 0 Å². The Morgan fingerprint density at radius 3 is 2.90 bits per heavy atom. The van der Waals surface area contributed by atoms with Crippen LogP contribution in [-0.4, -0.2) is 39.6 Å². The van der Waals surface area contributed by atoms with Gasteiger partial charge in [-0.05, 0) is 56.6 Å². The van der Waals surface area contributed by atoms with Crippen LogP contribution in [0.2, 0.25) is 0 Å². The number of H-pyrrole nitrogens is 1. The predicted molar refractivity (Wildman–Crippen MR) is 90.7 cm³/mol. The van der Waals surface area contributed by atoms with Gasteiger partial charge in [-0.3, -0.25) is 0 Å². The lowest BCUT2D eigenvalue weighted by molar-refractivity contribution is 0.305. The van der Waals surface area contributed by atoms with Crippen molar-refractivity contribution in [2.45, 2.75) is 32.6 Å². The topological polar surface area (TPSA) is 44.0 Å². The smallest absolute Gasteiger partial charge is 0.168 e. The van der Waals surface area contributed by atoms with E-state index in [0.29, 0.717) is 5.92 Å². The molecule has 1 aromatic carbocycles. The van der Waals surface area contributed by atoms with Gasteiger partial charge in [0.1, 0.15) is 5.82 Å². The van der Waals surface area contributed by atoms with Crippen LogP contribution in [0, 0.1) is 6.92 Å². The standard InChI is InChI=1S/C16H22N4S/c1-3-17-16(21)20-8-6-12(7-9-20)15-18-13-5-4-11(2)10-14(13)19-15/h4-5,10,12H,3,6-9H2,1-2H3,(H,17,21)(H,18,19). The Morgan fingerprint density at radius 2 is 2.19 bits per heavy atom. The molecule has 0 aliphatic carbocycles. The number of aromatic nitrogens is 2. The summed E-state index contributed by atoms with van der Waals surface area (Å²) in [7, 11) is 0. The fraction of sp³-hybridized carbons (Fsp3) is 0.500. The van der Waals surface area contributed by atoms with Crippen LogP contribution >= 0.6 is 12.2 Å². The first-order valence-electron chi connectivity index (χ1n) is 7.66. The van der Waals surface area contributed by atoms with Gasteiger partial charge in [-0.1, -0.05) is 6.07 Å². The van der Waals surface area contributed by atoms with Crippen LogP contribution in [0.1, 0.15) is 37.1 Å². The van der Waals surface area contributed by atoms with Gasteiger partial charge in [0.05, 0.1) is 11.0 Å². The van der Waals surface area contributed by atoms with Crippen molar-refractivity contribution in [1.29, 1.82) is 0 Å². The number of likely N-dealkylation sites (tertiary alicyclic amines) is 1. The Labute approximate surface area is 130 Å². The molecule has 1 aliphatic heterocycles. The molecule has 1 aliphatic rings. The Bertz CT molecular complexity index is 641. The summed E-state index contributed by atoms with van der Waals surface area (Å²) in [6.07, 6.45) is 2.20. The van der Waals surface area contributed by atoms with E-state index in [0.717, 1.165) is 54.4 Å². The maximum absolute atomic E-state index is 5.39. The van der Waals surface area contributed by atoms with E-state index in [-0.39, 0.29) is 0 Å². The minimum atomic E-state index is 0.512. The zero-order chi connectivity index (χ0) is 14.8. The SMILES string of the molecule is CCNC(=S)N1CCC(c2nc3ccc(C)cc3[nH]2)CC1. The van der Waals surface area contributed by atoms with Gasteiger partial charge in [0.2, 0.25) is 0 Å². The van der Waals surface area contributed by atoms with E-state index in [4.69, 9.17) is 17.2 Å². The van der Waals surface area contributed by atoms with E-state index in [1.165, 1.54) is 5.56 Å². The van der Waals surface area contributed by atoms with Gasteiger partial charge in [-0.15, -0.1) is 0 Å². The van der Waals surface area contributed by atoms with Gasteiger partial charge >= 0.3 is 0 Å². The summed E-state index contributed by atoms with van der Waals surface area (Å²) in [4.78, 5) is 10.5. The number of thiocarbonyl (C=S) groups is 1. The van der Waals surface area contributed by atoms with Crippen molar-refractivity contribution < 1.29 is 0 Å². The van der Waals surface area contributed by atoms with Gasteiger partial charge in [-0.25, -0.2) is 4.98 Å². The van der Waals surface area contributed by atoms with Crippen molar-refractivity contribution >= 4 is 28.4 Å². The number of nitrogens with zero attached hydrogens (tertiary/aromatic N) is 2. The first-order valence-corrected chi connectivity index (χ1v) is 8.07. The second-order valence-corrected chi connectivity index (χ2v) is 6.13. The molecule has 1 aromatic heterocycles. The molecule has 3 rings (SSSR count). The van der Waals surface area contributed by atoms with E-state index in [9.17, 15) is 0 Å². The molecule has 0 bridgehead atoms. The van der Waals surface area contributed by atoms with E-state index < -0.39 is 0 Å². The molecule has 1 saturated heterocycles. The van der Waals surface area contributed by atoms with Crippen molar-refractivity contribution in [3.8, 4) is 0 Å². The average Bonchev–Trinajstić information content (AvgIpc) is 2.90. The zero-order valence-corrected chi connectivity index (χ0v) is 13.5. The number of nitrogens with one attached hydrogen (secondary N) is 2. The lowest BCUT2D eigenvalue weighted by Gasteiger charge is -2.33. The van der Waals surface area contributed by atoms with Crippen LogP contribution in [-0.2, 0) is 0 Å². The van der Waals surface area contributed by atoms with Crippen LogP contribution in [0.15, 0.2) is 18.2 Å². The molecule has 0 unspecified atom stereocenters. The third kappa shape index (κ3) is 3.02. The van der Waals surface area contributed by atoms with Gasteiger partial charge in [0.15, 0.2) is 5.11 Å². The van der Waals surface area contributed by atoms with Gasteiger partial charge < -0.3 is 15.2 Å². The van der Waals surface area contributed by atoms with Crippen LogP contribution < -0.4 is 5.32 Å². The predicted octanol–water partition coefficient (Wildman–Crippen LogP) is 2.95. The molecule has 0 radical (unpaired) electrons. The van der Waals surface area contributed by atoms with Crippen LogP contribution in [0.25, 0.3) is 11.0 Å².